The van der Waals surface area contributed by atoms with E-state index < -0.39 is 18.0 Å². The van der Waals surface area contributed by atoms with Gasteiger partial charge in [0, 0.05) is 18.5 Å². The van der Waals surface area contributed by atoms with Crippen LogP contribution in [0.3, 0.4) is 0 Å². The molecule has 6 heteroatoms. The first-order chi connectivity index (χ1) is 7.34. The highest BCUT2D eigenvalue weighted by molar-refractivity contribution is 5.89. The van der Waals surface area contributed by atoms with Crippen molar-refractivity contribution in [1.82, 2.24) is 4.90 Å². The first-order valence-corrected chi connectivity index (χ1v) is 4.75. The predicted molar refractivity (Wildman–Crippen MR) is 56.9 cm³/mol. The average molecular weight is 231 g/mol. The predicted octanol–water partition coefficient (Wildman–Crippen LogP) is -0.517. The molecule has 0 saturated carbocycles. The zero-order valence-electron chi connectivity index (χ0n) is 9.47. The summed E-state index contributed by atoms with van der Waals surface area (Å²) >= 11 is 0. The van der Waals surface area contributed by atoms with Gasteiger partial charge in [0.05, 0.1) is 0 Å². The van der Waals surface area contributed by atoms with Crippen molar-refractivity contribution >= 4 is 11.9 Å². The fraction of sp³-hybridized carbons (Fsp3) is 0.600. The van der Waals surface area contributed by atoms with Crippen molar-refractivity contribution in [3.8, 4) is 0 Å². The molecule has 92 valence electrons. The smallest absolute Gasteiger partial charge is 0.333 e. The van der Waals surface area contributed by atoms with Gasteiger partial charge in [0.15, 0.2) is 6.10 Å². The number of rotatable bonds is 7. The average Bonchev–Trinajstić information content (AvgIpc) is 2.16. The van der Waals surface area contributed by atoms with Crippen molar-refractivity contribution < 1.29 is 24.5 Å². The van der Waals surface area contributed by atoms with Gasteiger partial charge in [-0.2, -0.15) is 0 Å². The number of carbonyl (C=O) groups is 2. The molecular formula is C10H17NO5. The molecule has 0 spiro atoms. The fourth-order valence-corrected chi connectivity index (χ4v) is 0.827. The number of carboxylic acids is 1. The summed E-state index contributed by atoms with van der Waals surface area (Å²) in [7, 11) is 3.66. The first kappa shape index (κ1) is 14.6. The Morgan fingerprint density at radius 2 is 2.00 bits per heavy atom. The standard InChI is InChI=1S/C10H17NO5/c1-7(6-8(12)9(13)14)10(15)16-5-4-11(2)3/h8,12H,1,4-6H2,2-3H3,(H,13,14). The van der Waals surface area contributed by atoms with Gasteiger partial charge in [-0.25, -0.2) is 9.59 Å². The van der Waals surface area contributed by atoms with E-state index >= 15 is 0 Å². The molecule has 0 bridgehead atoms. The van der Waals surface area contributed by atoms with Gasteiger partial charge in [0.1, 0.15) is 6.61 Å². The SMILES string of the molecule is C=C(CC(O)C(=O)O)C(=O)OCCN(C)C. The van der Waals surface area contributed by atoms with Crippen LogP contribution in [0.1, 0.15) is 6.42 Å². The summed E-state index contributed by atoms with van der Waals surface area (Å²) in [5, 5.41) is 17.4. The van der Waals surface area contributed by atoms with E-state index in [4.69, 9.17) is 14.9 Å². The van der Waals surface area contributed by atoms with Crippen LogP contribution in [-0.4, -0.2) is 60.4 Å². The lowest BCUT2D eigenvalue weighted by Gasteiger charge is -2.11. The number of nitrogens with zero attached hydrogens (tertiary/aromatic N) is 1. The number of carboxylic acid groups (broad SMARTS) is 1. The molecule has 0 aromatic heterocycles. The lowest BCUT2D eigenvalue weighted by atomic mass is 10.1. The van der Waals surface area contributed by atoms with Crippen LogP contribution in [0, 0.1) is 0 Å². The normalized spacial score (nSPS) is 12.2. The van der Waals surface area contributed by atoms with E-state index in [1.807, 2.05) is 19.0 Å². The lowest BCUT2D eigenvalue weighted by Crippen LogP contribution is -2.24. The van der Waals surface area contributed by atoms with Gasteiger partial charge in [-0.05, 0) is 14.1 Å². The molecule has 0 fully saturated rings. The molecule has 1 atom stereocenters. The third-order valence-electron chi connectivity index (χ3n) is 1.79. The first-order valence-electron chi connectivity index (χ1n) is 4.75. The highest BCUT2D eigenvalue weighted by Gasteiger charge is 2.18. The summed E-state index contributed by atoms with van der Waals surface area (Å²) in [6.07, 6.45) is -1.94. The van der Waals surface area contributed by atoms with E-state index in [1.165, 1.54) is 0 Å². The van der Waals surface area contributed by atoms with Crippen LogP contribution >= 0.6 is 0 Å². The molecule has 6 nitrogen and oxygen atoms in total. The molecular weight excluding hydrogens is 214 g/mol. The summed E-state index contributed by atoms with van der Waals surface area (Å²) in [6.45, 7) is 4.14. The van der Waals surface area contributed by atoms with Gasteiger partial charge in [0.25, 0.3) is 0 Å². The summed E-state index contributed by atoms with van der Waals surface area (Å²) in [6, 6.07) is 0. The number of aliphatic hydroxyl groups is 1. The Morgan fingerprint density at radius 1 is 1.44 bits per heavy atom. The highest BCUT2D eigenvalue weighted by atomic mass is 16.5. The second-order valence-corrected chi connectivity index (χ2v) is 3.60. The van der Waals surface area contributed by atoms with Crippen LogP contribution < -0.4 is 0 Å². The minimum Gasteiger partial charge on any atom is -0.479 e. The largest absolute Gasteiger partial charge is 0.479 e. The zero-order valence-corrected chi connectivity index (χ0v) is 9.47. The van der Waals surface area contributed by atoms with Crippen molar-refractivity contribution in [3.63, 3.8) is 0 Å². The molecule has 0 aliphatic carbocycles. The van der Waals surface area contributed by atoms with Crippen LogP contribution in [0.4, 0.5) is 0 Å². The number of likely N-dealkylation sites (N-methyl/N-ethyl adjacent to an activating group) is 1. The Kier molecular flexibility index (Phi) is 6.36. The molecule has 0 aliphatic rings. The number of aliphatic carboxylic acids is 1. The maximum Gasteiger partial charge on any atom is 0.333 e. The number of hydrogen-bond acceptors (Lipinski definition) is 5. The van der Waals surface area contributed by atoms with E-state index in [0.717, 1.165) is 0 Å². The quantitative estimate of drug-likeness (QED) is 0.453. The van der Waals surface area contributed by atoms with Crippen molar-refractivity contribution in [2.75, 3.05) is 27.2 Å². The summed E-state index contributed by atoms with van der Waals surface area (Å²) in [5.74, 6) is -2.07. The van der Waals surface area contributed by atoms with Gasteiger partial charge in [-0.1, -0.05) is 6.58 Å². The topological polar surface area (TPSA) is 87.1 Å². The maximum atomic E-state index is 11.2. The van der Waals surface area contributed by atoms with Gasteiger partial charge in [-0.3, -0.25) is 0 Å². The van der Waals surface area contributed by atoms with Crippen LogP contribution in [0.15, 0.2) is 12.2 Å². The minimum atomic E-state index is -1.62. The summed E-state index contributed by atoms with van der Waals surface area (Å²) in [4.78, 5) is 23.4. The summed E-state index contributed by atoms with van der Waals surface area (Å²) < 4.78 is 4.81. The van der Waals surface area contributed by atoms with E-state index in [2.05, 4.69) is 6.58 Å². The molecule has 0 aliphatic heterocycles. The Labute approximate surface area is 94.1 Å². The van der Waals surface area contributed by atoms with E-state index in [0.29, 0.717) is 6.54 Å². The Morgan fingerprint density at radius 3 is 2.44 bits per heavy atom. The second-order valence-electron chi connectivity index (χ2n) is 3.60. The molecule has 0 aromatic carbocycles. The third kappa shape index (κ3) is 6.15. The van der Waals surface area contributed by atoms with Crippen LogP contribution in [-0.2, 0) is 14.3 Å². The van der Waals surface area contributed by atoms with Crippen LogP contribution in [0.25, 0.3) is 0 Å². The van der Waals surface area contributed by atoms with Crippen molar-refractivity contribution in [2.24, 2.45) is 0 Å². The Bertz CT molecular complexity index is 274. The third-order valence-corrected chi connectivity index (χ3v) is 1.79. The number of carbonyl (C=O) groups excluding carboxylic acids is 1. The monoisotopic (exact) mass is 231 g/mol. The van der Waals surface area contributed by atoms with Crippen LogP contribution in [0.2, 0.25) is 0 Å². The number of esters is 1. The number of aliphatic hydroxyl groups excluding tert-OH is 1. The molecule has 0 radical (unpaired) electrons. The molecule has 0 rings (SSSR count). The van der Waals surface area contributed by atoms with Gasteiger partial charge < -0.3 is 19.8 Å². The second kappa shape index (κ2) is 6.97. The molecule has 2 N–H and O–H groups in total. The van der Waals surface area contributed by atoms with Crippen molar-refractivity contribution in [3.05, 3.63) is 12.2 Å². The fourth-order valence-electron chi connectivity index (χ4n) is 0.827. The molecule has 0 heterocycles. The Hall–Kier alpha value is -1.40. The van der Waals surface area contributed by atoms with Gasteiger partial charge in [-0.15, -0.1) is 0 Å². The van der Waals surface area contributed by atoms with Gasteiger partial charge >= 0.3 is 11.9 Å². The minimum absolute atomic E-state index is 0.0475. The van der Waals surface area contributed by atoms with E-state index in [9.17, 15) is 9.59 Å². The number of ether oxygens (including phenoxy) is 1. The Balaban J connectivity index is 3.91. The van der Waals surface area contributed by atoms with E-state index in [1.54, 1.807) is 0 Å². The van der Waals surface area contributed by atoms with Crippen LogP contribution in [0.5, 0.6) is 0 Å². The summed E-state index contributed by atoms with van der Waals surface area (Å²) in [5.41, 5.74) is -0.0475. The molecule has 0 aromatic rings. The molecule has 0 amide bonds. The molecule has 16 heavy (non-hydrogen) atoms. The number of hydrogen-bond donors (Lipinski definition) is 2. The van der Waals surface area contributed by atoms with Gasteiger partial charge in [0.2, 0.25) is 0 Å². The molecule has 1 unspecified atom stereocenters. The lowest BCUT2D eigenvalue weighted by molar-refractivity contribution is -0.147. The highest BCUT2D eigenvalue weighted by Crippen LogP contribution is 2.05. The zero-order chi connectivity index (χ0) is 12.7. The molecule has 0 saturated heterocycles. The van der Waals surface area contributed by atoms with Crippen molar-refractivity contribution in [2.45, 2.75) is 12.5 Å². The maximum absolute atomic E-state index is 11.2. The van der Waals surface area contributed by atoms with Crippen molar-refractivity contribution in [1.29, 1.82) is 0 Å². The van der Waals surface area contributed by atoms with E-state index in [-0.39, 0.29) is 18.6 Å².